The summed E-state index contributed by atoms with van der Waals surface area (Å²) >= 11 is 0. The number of hydrogen-bond acceptors (Lipinski definition) is 5. The summed E-state index contributed by atoms with van der Waals surface area (Å²) in [5.41, 5.74) is 4.24. The highest BCUT2D eigenvalue weighted by Crippen LogP contribution is 2.30. The number of fused-ring (bicyclic) bond motifs is 1. The first-order valence-electron chi connectivity index (χ1n) is 11.1. The molecule has 0 saturated heterocycles. The maximum Gasteiger partial charge on any atom is 0.255 e. The van der Waals surface area contributed by atoms with E-state index in [-0.39, 0.29) is 24.1 Å². The average Bonchev–Trinajstić information content (AvgIpc) is 3.18. The molecule has 1 aliphatic carbocycles. The number of aryl methyl sites for hydroxylation is 2. The van der Waals surface area contributed by atoms with Gasteiger partial charge in [0, 0.05) is 18.8 Å². The summed E-state index contributed by atoms with van der Waals surface area (Å²) in [4.78, 5) is 17.8. The highest BCUT2D eigenvalue weighted by Gasteiger charge is 2.25. The molecule has 3 aromatic rings. The van der Waals surface area contributed by atoms with Gasteiger partial charge in [-0.25, -0.2) is 9.67 Å². The molecule has 1 aliphatic rings. The number of carbonyl (C=O) groups excluding carboxylic acids is 1. The third-order valence-corrected chi connectivity index (χ3v) is 6.13. The molecule has 3 N–H and O–H groups in total. The zero-order valence-corrected chi connectivity index (χ0v) is 18.4. The predicted octanol–water partition coefficient (Wildman–Crippen LogP) is 3.97. The first kappa shape index (κ1) is 21.3. The van der Waals surface area contributed by atoms with E-state index in [1.54, 1.807) is 12.4 Å². The van der Waals surface area contributed by atoms with Crippen molar-refractivity contribution in [1.29, 1.82) is 0 Å². The van der Waals surface area contributed by atoms with E-state index in [1.165, 1.54) is 5.56 Å². The number of rotatable bonds is 6. The molecular formula is C24H31N5O2. The molecule has 7 nitrogen and oxygen atoms in total. The third kappa shape index (κ3) is 4.56. The molecule has 4 rings (SSSR count). The van der Waals surface area contributed by atoms with Gasteiger partial charge in [-0.1, -0.05) is 29.8 Å². The summed E-state index contributed by atoms with van der Waals surface area (Å²) in [5, 5.41) is 22.0. The molecule has 2 heterocycles. The topological polar surface area (TPSA) is 92.1 Å². The lowest BCUT2D eigenvalue weighted by Crippen LogP contribution is -2.32. The summed E-state index contributed by atoms with van der Waals surface area (Å²) in [6.45, 7) is 6.75. The Morgan fingerprint density at radius 2 is 2.03 bits per heavy atom. The number of aliphatic hydroxyl groups is 1. The van der Waals surface area contributed by atoms with Crippen LogP contribution in [0, 0.1) is 6.92 Å². The molecule has 0 bridgehead atoms. The summed E-state index contributed by atoms with van der Waals surface area (Å²) in [6.07, 6.45) is 6.53. The van der Waals surface area contributed by atoms with Crippen LogP contribution in [0.5, 0.6) is 0 Å². The molecule has 1 saturated carbocycles. The van der Waals surface area contributed by atoms with Crippen molar-refractivity contribution in [2.45, 2.75) is 71.2 Å². The van der Waals surface area contributed by atoms with Crippen LogP contribution in [0.1, 0.15) is 67.1 Å². The Morgan fingerprint density at radius 3 is 2.74 bits per heavy atom. The zero-order chi connectivity index (χ0) is 22.0. The molecular weight excluding hydrogens is 390 g/mol. The van der Waals surface area contributed by atoms with Crippen LogP contribution < -0.4 is 10.6 Å². The molecule has 0 aliphatic heterocycles. The van der Waals surface area contributed by atoms with Crippen LogP contribution in [-0.4, -0.2) is 37.9 Å². The first-order chi connectivity index (χ1) is 15.0. The molecule has 0 spiro atoms. The van der Waals surface area contributed by atoms with Crippen LogP contribution in [0.4, 0.5) is 5.69 Å². The second-order valence-corrected chi connectivity index (χ2v) is 8.51. The van der Waals surface area contributed by atoms with Crippen LogP contribution >= 0.6 is 0 Å². The van der Waals surface area contributed by atoms with Crippen molar-refractivity contribution in [1.82, 2.24) is 20.1 Å². The number of nitrogens with one attached hydrogen (secondary N) is 2. The van der Waals surface area contributed by atoms with Gasteiger partial charge in [0.15, 0.2) is 5.65 Å². The van der Waals surface area contributed by atoms with Gasteiger partial charge in [0.25, 0.3) is 5.91 Å². The fourth-order valence-corrected chi connectivity index (χ4v) is 4.30. The van der Waals surface area contributed by atoms with E-state index in [0.717, 1.165) is 41.5 Å². The lowest BCUT2D eigenvalue weighted by molar-refractivity contribution is 0.0940. The van der Waals surface area contributed by atoms with E-state index in [9.17, 15) is 9.90 Å². The largest absolute Gasteiger partial charge is 0.393 e. The van der Waals surface area contributed by atoms with Crippen molar-refractivity contribution < 1.29 is 9.90 Å². The van der Waals surface area contributed by atoms with Gasteiger partial charge >= 0.3 is 0 Å². The van der Waals surface area contributed by atoms with Gasteiger partial charge in [0.2, 0.25) is 0 Å². The molecule has 2 unspecified atom stereocenters. The third-order valence-electron chi connectivity index (χ3n) is 6.13. The maximum absolute atomic E-state index is 13.3. The van der Waals surface area contributed by atoms with Gasteiger partial charge in [-0.3, -0.25) is 4.79 Å². The molecule has 164 valence electrons. The predicted molar refractivity (Wildman–Crippen MR) is 122 cm³/mol. The number of hydrogen-bond donors (Lipinski definition) is 3. The van der Waals surface area contributed by atoms with E-state index in [2.05, 4.69) is 20.7 Å². The minimum absolute atomic E-state index is 0.111. The number of pyridine rings is 1. The van der Waals surface area contributed by atoms with Crippen molar-refractivity contribution in [2.24, 2.45) is 0 Å². The van der Waals surface area contributed by atoms with Crippen LogP contribution in [0.2, 0.25) is 0 Å². The number of carbonyl (C=O) groups is 1. The smallest absolute Gasteiger partial charge is 0.255 e. The fraction of sp³-hybridized carbons (Fsp3) is 0.458. The van der Waals surface area contributed by atoms with Gasteiger partial charge < -0.3 is 15.7 Å². The van der Waals surface area contributed by atoms with Crippen LogP contribution in [0.3, 0.4) is 0 Å². The second kappa shape index (κ2) is 9.06. The van der Waals surface area contributed by atoms with Crippen molar-refractivity contribution in [3.05, 3.63) is 53.3 Å². The minimum Gasteiger partial charge on any atom is -0.393 e. The maximum atomic E-state index is 13.3. The van der Waals surface area contributed by atoms with E-state index in [4.69, 9.17) is 0 Å². The first-order valence-corrected chi connectivity index (χ1v) is 11.1. The standard InChI is InChI=1S/C24H31N5O2/c1-4-29-23-20(14-26-29)22(28-18-6-5-7-19(30)12-18)21(13-25-23)24(31)27-16(3)17-10-8-15(2)9-11-17/h8-11,13-14,16,18-19,30H,4-7,12H2,1-3H3,(H,25,28)(H,27,31)/t16?,18?,19-/m1/s1. The number of amides is 1. The van der Waals surface area contributed by atoms with Crippen LogP contribution in [0.15, 0.2) is 36.7 Å². The van der Waals surface area contributed by atoms with Crippen molar-refractivity contribution >= 4 is 22.6 Å². The summed E-state index contributed by atoms with van der Waals surface area (Å²) in [6, 6.07) is 8.15. The number of aliphatic hydroxyl groups excluding tert-OH is 1. The number of nitrogens with zero attached hydrogens (tertiary/aromatic N) is 3. The van der Waals surface area contributed by atoms with E-state index >= 15 is 0 Å². The summed E-state index contributed by atoms with van der Waals surface area (Å²) in [5.74, 6) is -0.175. The fourth-order valence-electron chi connectivity index (χ4n) is 4.30. The van der Waals surface area contributed by atoms with E-state index < -0.39 is 0 Å². The molecule has 7 heteroatoms. The van der Waals surface area contributed by atoms with Gasteiger partial charge in [0.05, 0.1) is 35.0 Å². The molecule has 1 amide bonds. The molecule has 3 atom stereocenters. The number of benzene rings is 1. The molecule has 1 aromatic carbocycles. The second-order valence-electron chi connectivity index (χ2n) is 8.51. The zero-order valence-electron chi connectivity index (χ0n) is 18.4. The van der Waals surface area contributed by atoms with Gasteiger partial charge in [-0.2, -0.15) is 5.10 Å². The SMILES string of the molecule is CCn1ncc2c(NC3CCC[C@@H](O)C3)c(C(=O)NC(C)c3ccc(C)cc3)cnc21. The van der Waals surface area contributed by atoms with Gasteiger partial charge in [0.1, 0.15) is 0 Å². The highest BCUT2D eigenvalue weighted by atomic mass is 16.3. The Hall–Kier alpha value is -2.93. The molecule has 0 radical (unpaired) electrons. The quantitative estimate of drug-likeness (QED) is 0.560. The van der Waals surface area contributed by atoms with E-state index in [0.29, 0.717) is 18.5 Å². The monoisotopic (exact) mass is 421 g/mol. The molecule has 31 heavy (non-hydrogen) atoms. The Kier molecular flexibility index (Phi) is 6.23. The van der Waals surface area contributed by atoms with E-state index in [1.807, 2.05) is 49.7 Å². The molecule has 2 aromatic heterocycles. The summed E-state index contributed by atoms with van der Waals surface area (Å²) < 4.78 is 1.83. The lowest BCUT2D eigenvalue weighted by Gasteiger charge is -2.28. The highest BCUT2D eigenvalue weighted by molar-refractivity contribution is 6.06. The van der Waals surface area contributed by atoms with Crippen molar-refractivity contribution in [3.63, 3.8) is 0 Å². The lowest BCUT2D eigenvalue weighted by atomic mass is 9.92. The van der Waals surface area contributed by atoms with Crippen LogP contribution in [0.25, 0.3) is 11.0 Å². The normalized spacial score (nSPS) is 19.9. The van der Waals surface area contributed by atoms with Crippen molar-refractivity contribution in [3.8, 4) is 0 Å². The van der Waals surface area contributed by atoms with Gasteiger partial charge in [-0.15, -0.1) is 0 Å². The van der Waals surface area contributed by atoms with Gasteiger partial charge in [-0.05, 0) is 52.0 Å². The number of aromatic nitrogens is 3. The molecule has 1 fully saturated rings. The Morgan fingerprint density at radius 1 is 1.26 bits per heavy atom. The van der Waals surface area contributed by atoms with Crippen LogP contribution in [-0.2, 0) is 6.54 Å². The average molecular weight is 422 g/mol. The summed E-state index contributed by atoms with van der Waals surface area (Å²) in [7, 11) is 0. The Bertz CT molecular complexity index is 1060. The van der Waals surface area contributed by atoms with Crippen molar-refractivity contribution in [2.75, 3.05) is 5.32 Å². The Balaban J connectivity index is 1.65. The minimum atomic E-state index is -0.305. The number of anilines is 1. The Labute approximate surface area is 182 Å².